The number of hydrogen-bond acceptors (Lipinski definition) is 6. The molecule has 0 fully saturated rings. The van der Waals surface area contributed by atoms with Gasteiger partial charge in [0.1, 0.15) is 5.01 Å². The van der Waals surface area contributed by atoms with Gasteiger partial charge < -0.3 is 10.1 Å². The number of thiazole rings is 1. The van der Waals surface area contributed by atoms with Crippen molar-refractivity contribution < 1.29 is 14.3 Å². The van der Waals surface area contributed by atoms with E-state index < -0.39 is 5.97 Å². The van der Waals surface area contributed by atoms with Gasteiger partial charge in [-0.3, -0.25) is 4.79 Å². The van der Waals surface area contributed by atoms with Crippen LogP contribution in [0.3, 0.4) is 0 Å². The average molecular weight is 401 g/mol. The first kappa shape index (κ1) is 19.3. The maximum atomic E-state index is 12.2. The summed E-state index contributed by atoms with van der Waals surface area (Å²) in [5, 5.41) is 7.16. The van der Waals surface area contributed by atoms with Crippen LogP contribution in [-0.4, -0.2) is 23.5 Å². The zero-order valence-corrected chi connectivity index (χ0v) is 16.7. The zero-order valence-electron chi connectivity index (χ0n) is 15.1. The van der Waals surface area contributed by atoms with E-state index in [1.165, 1.54) is 16.9 Å². The summed E-state index contributed by atoms with van der Waals surface area (Å²) in [5.74, 6) is -0.934. The van der Waals surface area contributed by atoms with E-state index in [-0.39, 0.29) is 24.2 Å². The van der Waals surface area contributed by atoms with Crippen LogP contribution < -0.4 is 5.32 Å². The molecule has 27 heavy (non-hydrogen) atoms. The summed E-state index contributed by atoms with van der Waals surface area (Å²) in [4.78, 5) is 29.5. The molecule has 140 valence electrons. The van der Waals surface area contributed by atoms with Gasteiger partial charge in [0.05, 0.1) is 6.04 Å². The Morgan fingerprint density at radius 1 is 1.19 bits per heavy atom. The molecule has 0 unspecified atom stereocenters. The molecule has 3 rings (SSSR count). The molecule has 3 aromatic rings. The standard InChI is InChI=1S/C20H20N2O3S2/c1-3-14-6-8-15(9-7-14)19-22-16(12-27-19)20(24)25-11-18(23)21-13(2)17-5-4-10-26-17/h4-10,12-13H,3,11H2,1-2H3,(H,21,23)/t13-/m0/s1. The van der Waals surface area contributed by atoms with E-state index in [9.17, 15) is 9.59 Å². The molecule has 0 aliphatic heterocycles. The molecular formula is C20H20N2O3S2. The summed E-state index contributed by atoms with van der Waals surface area (Å²) >= 11 is 2.94. The topological polar surface area (TPSA) is 68.3 Å². The maximum absolute atomic E-state index is 12.2. The van der Waals surface area contributed by atoms with Gasteiger partial charge in [-0.05, 0) is 30.4 Å². The van der Waals surface area contributed by atoms with Crippen LogP contribution in [0, 0.1) is 0 Å². The van der Waals surface area contributed by atoms with Crippen LogP contribution in [-0.2, 0) is 16.0 Å². The fraction of sp³-hybridized carbons (Fsp3) is 0.250. The largest absolute Gasteiger partial charge is 0.451 e. The van der Waals surface area contributed by atoms with Gasteiger partial charge in [0.15, 0.2) is 12.3 Å². The number of thiophene rings is 1. The summed E-state index contributed by atoms with van der Waals surface area (Å²) < 4.78 is 5.09. The van der Waals surface area contributed by atoms with E-state index in [0.717, 1.165) is 21.9 Å². The second kappa shape index (κ2) is 8.92. The van der Waals surface area contributed by atoms with Crippen LogP contribution in [0.25, 0.3) is 10.6 Å². The monoisotopic (exact) mass is 400 g/mol. The molecule has 1 atom stereocenters. The minimum atomic E-state index is -0.596. The van der Waals surface area contributed by atoms with Crippen molar-refractivity contribution in [1.82, 2.24) is 10.3 Å². The third-order valence-corrected chi connectivity index (χ3v) is 5.95. The van der Waals surface area contributed by atoms with Crippen LogP contribution in [0.15, 0.2) is 47.2 Å². The molecule has 0 saturated heterocycles. The van der Waals surface area contributed by atoms with Crippen molar-refractivity contribution in [3.63, 3.8) is 0 Å². The Kier molecular flexibility index (Phi) is 6.36. The number of nitrogens with one attached hydrogen (secondary N) is 1. The highest BCUT2D eigenvalue weighted by atomic mass is 32.1. The third-order valence-electron chi connectivity index (χ3n) is 4.00. The van der Waals surface area contributed by atoms with Crippen molar-refractivity contribution in [3.05, 3.63) is 63.3 Å². The molecule has 1 amide bonds. The van der Waals surface area contributed by atoms with Crippen molar-refractivity contribution in [2.45, 2.75) is 26.3 Å². The molecule has 1 aromatic carbocycles. The van der Waals surface area contributed by atoms with Crippen LogP contribution in [0.5, 0.6) is 0 Å². The van der Waals surface area contributed by atoms with Crippen molar-refractivity contribution in [3.8, 4) is 10.6 Å². The van der Waals surface area contributed by atoms with E-state index >= 15 is 0 Å². The Morgan fingerprint density at radius 2 is 1.96 bits per heavy atom. The number of benzene rings is 1. The van der Waals surface area contributed by atoms with Crippen molar-refractivity contribution in [2.75, 3.05) is 6.61 Å². The molecule has 5 nitrogen and oxygen atoms in total. The number of aryl methyl sites for hydroxylation is 1. The predicted molar refractivity (Wildman–Crippen MR) is 108 cm³/mol. The second-order valence-corrected chi connectivity index (χ2v) is 7.81. The summed E-state index contributed by atoms with van der Waals surface area (Å²) in [6.45, 7) is 3.67. The van der Waals surface area contributed by atoms with Crippen LogP contribution in [0.2, 0.25) is 0 Å². The SMILES string of the molecule is CCc1ccc(-c2nc(C(=O)OCC(=O)N[C@@H](C)c3cccs3)cs2)cc1. The van der Waals surface area contributed by atoms with Gasteiger partial charge >= 0.3 is 5.97 Å². The summed E-state index contributed by atoms with van der Waals surface area (Å²) in [5.41, 5.74) is 2.42. The van der Waals surface area contributed by atoms with Crippen LogP contribution >= 0.6 is 22.7 Å². The van der Waals surface area contributed by atoms with Gasteiger partial charge in [0.25, 0.3) is 5.91 Å². The Morgan fingerprint density at radius 3 is 2.63 bits per heavy atom. The van der Waals surface area contributed by atoms with Gasteiger partial charge in [-0.2, -0.15) is 0 Å². The number of hydrogen-bond donors (Lipinski definition) is 1. The lowest BCUT2D eigenvalue weighted by atomic mass is 10.1. The fourth-order valence-electron chi connectivity index (χ4n) is 2.48. The Bertz CT molecular complexity index is 902. The summed E-state index contributed by atoms with van der Waals surface area (Å²) in [7, 11) is 0. The number of rotatable bonds is 7. The van der Waals surface area contributed by atoms with Crippen LogP contribution in [0.4, 0.5) is 0 Å². The molecule has 0 aliphatic rings. The molecular weight excluding hydrogens is 380 g/mol. The van der Waals surface area contributed by atoms with E-state index in [2.05, 4.69) is 17.2 Å². The van der Waals surface area contributed by atoms with E-state index in [0.29, 0.717) is 0 Å². The summed E-state index contributed by atoms with van der Waals surface area (Å²) in [6.07, 6.45) is 0.975. The molecule has 0 radical (unpaired) electrons. The van der Waals surface area contributed by atoms with Gasteiger partial charge in [-0.1, -0.05) is 37.3 Å². The Balaban J connectivity index is 1.53. The molecule has 2 aromatic heterocycles. The molecule has 0 bridgehead atoms. The van der Waals surface area contributed by atoms with Gasteiger partial charge in [0.2, 0.25) is 0 Å². The maximum Gasteiger partial charge on any atom is 0.358 e. The van der Waals surface area contributed by atoms with Crippen molar-refractivity contribution in [1.29, 1.82) is 0 Å². The minimum absolute atomic E-state index is 0.117. The van der Waals surface area contributed by atoms with Gasteiger partial charge in [-0.25, -0.2) is 9.78 Å². The lowest BCUT2D eigenvalue weighted by Crippen LogP contribution is -2.30. The minimum Gasteiger partial charge on any atom is -0.451 e. The molecule has 0 spiro atoms. The lowest BCUT2D eigenvalue weighted by molar-refractivity contribution is -0.124. The number of carbonyl (C=O) groups excluding carboxylic acids is 2. The zero-order chi connectivity index (χ0) is 19.2. The van der Waals surface area contributed by atoms with Crippen molar-refractivity contribution in [2.24, 2.45) is 0 Å². The van der Waals surface area contributed by atoms with Crippen molar-refractivity contribution >= 4 is 34.6 Å². The normalized spacial score (nSPS) is 11.8. The first-order chi connectivity index (χ1) is 13.1. The molecule has 0 aliphatic carbocycles. The fourth-order valence-corrected chi connectivity index (χ4v) is 4.01. The third kappa shape index (κ3) is 5.02. The van der Waals surface area contributed by atoms with Crippen LogP contribution in [0.1, 0.15) is 40.8 Å². The number of nitrogens with zero attached hydrogens (tertiary/aromatic N) is 1. The number of ether oxygens (including phenoxy) is 1. The van der Waals surface area contributed by atoms with E-state index in [4.69, 9.17) is 4.74 Å². The Hall–Kier alpha value is -2.51. The predicted octanol–water partition coefficient (Wildman–Crippen LogP) is 4.47. The first-order valence-electron chi connectivity index (χ1n) is 8.61. The number of aromatic nitrogens is 1. The number of amides is 1. The smallest absolute Gasteiger partial charge is 0.358 e. The lowest BCUT2D eigenvalue weighted by Gasteiger charge is -2.11. The summed E-state index contributed by atoms with van der Waals surface area (Å²) in [6, 6.07) is 11.8. The highest BCUT2D eigenvalue weighted by Gasteiger charge is 2.16. The first-order valence-corrected chi connectivity index (χ1v) is 10.4. The Labute approximate surface area is 166 Å². The average Bonchev–Trinajstić information content (AvgIpc) is 3.38. The quantitative estimate of drug-likeness (QED) is 0.594. The van der Waals surface area contributed by atoms with E-state index in [1.54, 1.807) is 16.7 Å². The molecule has 2 heterocycles. The number of esters is 1. The second-order valence-electron chi connectivity index (χ2n) is 5.97. The van der Waals surface area contributed by atoms with Gasteiger partial charge in [-0.15, -0.1) is 22.7 Å². The highest BCUT2D eigenvalue weighted by Crippen LogP contribution is 2.24. The van der Waals surface area contributed by atoms with E-state index in [1.807, 2.05) is 48.7 Å². The van der Waals surface area contributed by atoms with Gasteiger partial charge in [0, 0.05) is 15.8 Å². The molecule has 0 saturated carbocycles. The number of carbonyl (C=O) groups is 2. The molecule has 1 N–H and O–H groups in total. The molecule has 7 heteroatoms. The highest BCUT2D eigenvalue weighted by molar-refractivity contribution is 7.13.